The van der Waals surface area contributed by atoms with Crippen LogP contribution in [0.5, 0.6) is 23.0 Å². The fraction of sp³-hybridized carbons (Fsp3) is 0.0769. The molecule has 21 heavy (non-hydrogen) atoms. The molecule has 4 N–H and O–H groups in total. The molecule has 0 aliphatic heterocycles. The maximum absolute atomic E-state index is 9.56. The number of phenolic OH excluding ortho intramolecular Hbond substituents is 4. The van der Waals surface area contributed by atoms with Crippen LogP contribution in [0, 0.1) is 0 Å². The Hall–Kier alpha value is -1.20. The molecule has 0 saturated heterocycles. The molecule has 0 spiro atoms. The summed E-state index contributed by atoms with van der Waals surface area (Å²) in [6, 6.07) is 2.44. The van der Waals surface area contributed by atoms with Gasteiger partial charge in [0, 0.05) is 6.42 Å². The lowest BCUT2D eigenvalue weighted by atomic mass is 10.0. The Morgan fingerprint density at radius 2 is 0.952 bits per heavy atom. The minimum atomic E-state index is -0.525. The van der Waals surface area contributed by atoms with Crippen molar-refractivity contribution < 1.29 is 20.4 Å². The van der Waals surface area contributed by atoms with E-state index in [1.54, 1.807) is 0 Å². The van der Waals surface area contributed by atoms with Crippen molar-refractivity contribution in [1.29, 1.82) is 0 Å². The van der Waals surface area contributed by atoms with Gasteiger partial charge in [-0.05, 0) is 23.3 Å². The Kier molecular flexibility index (Phi) is 4.54. The third-order valence-corrected chi connectivity index (χ3v) is 4.65. The average Bonchev–Trinajstić information content (AvgIpc) is 2.45. The third kappa shape index (κ3) is 2.90. The van der Waals surface area contributed by atoms with Crippen LogP contribution in [-0.4, -0.2) is 20.4 Å². The van der Waals surface area contributed by atoms with Gasteiger partial charge in [-0.1, -0.05) is 46.4 Å². The highest BCUT2D eigenvalue weighted by atomic mass is 35.5. The highest BCUT2D eigenvalue weighted by Crippen LogP contribution is 2.44. The second-order valence-corrected chi connectivity index (χ2v) is 5.75. The first-order chi connectivity index (χ1) is 9.73. The monoisotopic (exact) mass is 368 g/mol. The van der Waals surface area contributed by atoms with Crippen molar-refractivity contribution in [1.82, 2.24) is 0 Å². The van der Waals surface area contributed by atoms with Crippen molar-refractivity contribution in [2.75, 3.05) is 0 Å². The lowest BCUT2D eigenvalue weighted by molar-refractivity contribution is 0.403. The molecule has 0 aliphatic carbocycles. The Balaban J connectivity index is 2.54. The van der Waals surface area contributed by atoms with Gasteiger partial charge in [0.1, 0.15) is 10.0 Å². The van der Waals surface area contributed by atoms with Crippen molar-refractivity contribution in [3.8, 4) is 23.0 Å². The van der Waals surface area contributed by atoms with E-state index in [2.05, 4.69) is 0 Å². The van der Waals surface area contributed by atoms with E-state index in [0.717, 1.165) is 0 Å². The van der Waals surface area contributed by atoms with Gasteiger partial charge in [0.2, 0.25) is 0 Å². The molecule has 0 heterocycles. The summed E-state index contributed by atoms with van der Waals surface area (Å²) < 4.78 is 0. The van der Waals surface area contributed by atoms with Crippen LogP contribution in [0.25, 0.3) is 0 Å². The first-order valence-corrected chi connectivity index (χ1v) is 7.02. The number of phenols is 4. The van der Waals surface area contributed by atoms with Crippen molar-refractivity contribution in [2.45, 2.75) is 6.42 Å². The van der Waals surface area contributed by atoms with Crippen LogP contribution in [0.2, 0.25) is 20.1 Å². The second kappa shape index (κ2) is 5.89. The van der Waals surface area contributed by atoms with Crippen molar-refractivity contribution >= 4 is 46.4 Å². The molecule has 8 heteroatoms. The minimum absolute atomic E-state index is 0.0340. The largest absolute Gasteiger partial charge is 0.504 e. The summed E-state index contributed by atoms with van der Waals surface area (Å²) in [7, 11) is 0. The summed E-state index contributed by atoms with van der Waals surface area (Å²) in [5.41, 5.74) is 0.722. The summed E-state index contributed by atoms with van der Waals surface area (Å²) in [6.07, 6.45) is 0.0682. The van der Waals surface area contributed by atoms with Gasteiger partial charge < -0.3 is 20.4 Å². The van der Waals surface area contributed by atoms with Gasteiger partial charge in [0.05, 0.1) is 10.0 Å². The van der Waals surface area contributed by atoms with Crippen LogP contribution in [0.1, 0.15) is 11.1 Å². The number of hydrogen-bond donors (Lipinski definition) is 4. The van der Waals surface area contributed by atoms with Crippen molar-refractivity contribution in [3.63, 3.8) is 0 Å². The Morgan fingerprint density at radius 3 is 1.29 bits per heavy atom. The van der Waals surface area contributed by atoms with E-state index < -0.39 is 23.0 Å². The van der Waals surface area contributed by atoms with E-state index >= 15 is 0 Å². The first kappa shape index (κ1) is 16.2. The lowest BCUT2D eigenvalue weighted by Gasteiger charge is -2.12. The smallest absolute Gasteiger partial charge is 0.178 e. The fourth-order valence-electron chi connectivity index (χ4n) is 1.77. The standard InChI is InChI=1S/C13H8Cl4O4/c14-8-4(2-6(18)12(20)10(8)16)1-5-3-7(19)13(21)11(17)9(5)15/h2-3,18-21H,1H2. The number of aromatic hydroxyl groups is 4. The molecule has 112 valence electrons. The molecule has 0 aliphatic rings. The van der Waals surface area contributed by atoms with Crippen LogP contribution in [0.4, 0.5) is 0 Å². The molecule has 0 saturated carbocycles. The Bertz CT molecular complexity index is 670. The number of halogens is 4. The van der Waals surface area contributed by atoms with Crippen LogP contribution >= 0.6 is 46.4 Å². The van der Waals surface area contributed by atoms with E-state index in [4.69, 9.17) is 46.4 Å². The zero-order chi connectivity index (χ0) is 15.9. The van der Waals surface area contributed by atoms with E-state index in [1.165, 1.54) is 12.1 Å². The van der Waals surface area contributed by atoms with E-state index in [9.17, 15) is 20.4 Å². The molecular formula is C13H8Cl4O4. The molecule has 0 bridgehead atoms. The van der Waals surface area contributed by atoms with Crippen molar-refractivity contribution in [3.05, 3.63) is 43.4 Å². The van der Waals surface area contributed by atoms with Gasteiger partial charge in [-0.15, -0.1) is 0 Å². The van der Waals surface area contributed by atoms with Crippen molar-refractivity contribution in [2.24, 2.45) is 0 Å². The Morgan fingerprint density at radius 1 is 0.619 bits per heavy atom. The van der Waals surface area contributed by atoms with Gasteiger partial charge in [-0.3, -0.25) is 0 Å². The molecule has 0 radical (unpaired) electrons. The molecule has 0 amide bonds. The molecule has 4 nitrogen and oxygen atoms in total. The molecular weight excluding hydrogens is 362 g/mol. The van der Waals surface area contributed by atoms with Gasteiger partial charge in [0.15, 0.2) is 23.0 Å². The Labute approximate surface area is 139 Å². The summed E-state index contributed by atoms with van der Waals surface area (Å²) in [5, 5.41) is 37.7. The molecule has 2 aromatic carbocycles. The van der Waals surface area contributed by atoms with Crippen LogP contribution in [0.3, 0.4) is 0 Å². The predicted octanol–water partition coefficient (Wildman–Crippen LogP) is 4.71. The van der Waals surface area contributed by atoms with E-state index in [-0.39, 0.29) is 26.5 Å². The maximum atomic E-state index is 9.56. The maximum Gasteiger partial charge on any atom is 0.178 e. The molecule has 0 aromatic heterocycles. The second-order valence-electron chi connectivity index (χ2n) is 4.24. The van der Waals surface area contributed by atoms with E-state index in [1.807, 2.05) is 0 Å². The summed E-state index contributed by atoms with van der Waals surface area (Å²) >= 11 is 23.6. The van der Waals surface area contributed by atoms with Crippen LogP contribution < -0.4 is 0 Å². The molecule has 0 atom stereocenters. The zero-order valence-corrected chi connectivity index (χ0v) is 13.2. The number of rotatable bonds is 2. The summed E-state index contributed by atoms with van der Waals surface area (Å²) in [4.78, 5) is 0. The third-order valence-electron chi connectivity index (χ3n) is 2.85. The zero-order valence-electron chi connectivity index (χ0n) is 10.2. The minimum Gasteiger partial charge on any atom is -0.504 e. The normalized spacial score (nSPS) is 10.9. The predicted molar refractivity (Wildman–Crippen MR) is 82.4 cm³/mol. The van der Waals surface area contributed by atoms with E-state index in [0.29, 0.717) is 11.1 Å². The molecule has 2 aromatic rings. The highest BCUT2D eigenvalue weighted by molar-refractivity contribution is 6.44. The highest BCUT2D eigenvalue weighted by Gasteiger charge is 2.19. The quantitative estimate of drug-likeness (QED) is 0.577. The molecule has 2 rings (SSSR count). The van der Waals surface area contributed by atoms with Gasteiger partial charge >= 0.3 is 0 Å². The van der Waals surface area contributed by atoms with Crippen LogP contribution in [-0.2, 0) is 6.42 Å². The lowest BCUT2D eigenvalue weighted by Crippen LogP contribution is -1.93. The average molecular weight is 370 g/mol. The van der Waals surface area contributed by atoms with Gasteiger partial charge in [0.25, 0.3) is 0 Å². The number of benzene rings is 2. The summed E-state index contributed by atoms with van der Waals surface area (Å²) in [5.74, 6) is -1.93. The fourth-order valence-corrected chi connectivity index (χ4v) is 2.63. The number of hydrogen-bond acceptors (Lipinski definition) is 4. The van der Waals surface area contributed by atoms with Crippen LogP contribution in [0.15, 0.2) is 12.1 Å². The van der Waals surface area contributed by atoms with Gasteiger partial charge in [-0.2, -0.15) is 0 Å². The molecule has 0 unspecified atom stereocenters. The first-order valence-electron chi connectivity index (χ1n) is 5.51. The summed E-state index contributed by atoms with van der Waals surface area (Å²) in [6.45, 7) is 0. The van der Waals surface area contributed by atoms with Gasteiger partial charge in [-0.25, -0.2) is 0 Å². The SMILES string of the molecule is Oc1cc(Cc2cc(O)c(O)c(Cl)c2Cl)c(Cl)c(Cl)c1O. The topological polar surface area (TPSA) is 80.9 Å². The molecule has 0 fully saturated rings.